The first-order chi connectivity index (χ1) is 10.1. The second-order valence-corrected chi connectivity index (χ2v) is 9.83. The first kappa shape index (κ1) is 12.4. The van der Waals surface area contributed by atoms with Crippen molar-refractivity contribution < 1.29 is 0 Å². The van der Waals surface area contributed by atoms with Crippen LogP contribution in [0.4, 0.5) is 0 Å². The quantitative estimate of drug-likeness (QED) is 0.783. The average molecular weight is 286 g/mol. The lowest BCUT2D eigenvalue weighted by Crippen LogP contribution is -3.11. The molecule has 116 valence electrons. The first-order valence-corrected chi connectivity index (χ1v) is 9.52. The van der Waals surface area contributed by atoms with Gasteiger partial charge in [0, 0.05) is 38.8 Å². The summed E-state index contributed by atoms with van der Waals surface area (Å²) in [5.74, 6) is 8.20. The summed E-state index contributed by atoms with van der Waals surface area (Å²) in [4.78, 5) is 5.50. The van der Waals surface area contributed by atoms with Gasteiger partial charge in [-0.1, -0.05) is 13.8 Å². The first-order valence-electron chi connectivity index (χ1n) is 9.52. The second kappa shape index (κ2) is 3.24. The van der Waals surface area contributed by atoms with Gasteiger partial charge in [-0.15, -0.1) is 0 Å². The van der Waals surface area contributed by atoms with E-state index in [1.165, 1.54) is 68.2 Å². The lowest BCUT2D eigenvalue weighted by Gasteiger charge is -3.13. The molecule has 0 aromatic rings. The number of hydrogen-bond donors (Lipinski definition) is 0. The highest BCUT2D eigenvalue weighted by atomic mass is 15.3. The zero-order valence-corrected chi connectivity index (χ0v) is 14.0. The Balaban J connectivity index is 1.17. The van der Waals surface area contributed by atoms with Crippen LogP contribution >= 0.6 is 0 Å². The van der Waals surface area contributed by atoms with E-state index in [0.29, 0.717) is 0 Å². The lowest BCUT2D eigenvalue weighted by molar-refractivity contribution is -0.667. The highest BCUT2D eigenvalue weighted by Crippen LogP contribution is 3.11. The van der Waals surface area contributed by atoms with E-state index < -0.39 is 0 Å². The summed E-state index contributed by atoms with van der Waals surface area (Å²) < 4.78 is 0. The van der Waals surface area contributed by atoms with Gasteiger partial charge in [-0.05, 0) is 66.1 Å². The summed E-state index contributed by atoms with van der Waals surface area (Å²) in [6.45, 7) is 16.5. The predicted octanol–water partition coefficient (Wildman–Crippen LogP) is 2.41. The smallest absolute Gasteiger partial charge is 0.0113 e. The topological polar surface area (TPSA) is 6.48 Å². The molecule has 2 nitrogen and oxygen atoms in total. The summed E-state index contributed by atoms with van der Waals surface area (Å²) in [7, 11) is 0. The predicted molar refractivity (Wildman–Crippen MR) is 83.8 cm³/mol. The Morgan fingerprint density at radius 1 is 0.905 bits per heavy atom. The molecule has 1 heterocycles. The molecule has 1 aliphatic heterocycles. The molecule has 6 saturated carbocycles. The van der Waals surface area contributed by atoms with Crippen molar-refractivity contribution in [1.82, 2.24) is 9.80 Å². The van der Waals surface area contributed by atoms with Crippen LogP contribution in [-0.4, -0.2) is 48.6 Å². The SMILES string of the molecule is CC(C)N1CCN(CC23C4C5C6C4C2C6(C(C)C)C53)CC1. The van der Waals surface area contributed by atoms with Gasteiger partial charge in [0.15, 0.2) is 0 Å². The molecule has 0 spiro atoms. The Hall–Kier alpha value is -0.0800. The lowest BCUT2D eigenvalue weighted by atomic mass is 8.91. The minimum Gasteiger partial charge on any atom is -0.300 e. The summed E-state index contributed by atoms with van der Waals surface area (Å²) in [5.41, 5.74) is 1.73. The van der Waals surface area contributed by atoms with Gasteiger partial charge < -0.3 is 4.90 Å². The molecule has 0 aromatic carbocycles. The monoisotopic (exact) mass is 286 g/mol. The van der Waals surface area contributed by atoms with Crippen LogP contribution in [0, 0.1) is 52.3 Å². The van der Waals surface area contributed by atoms with Gasteiger partial charge in [-0.2, -0.15) is 0 Å². The molecule has 0 bridgehead atoms. The molecular formula is C19H30N2. The van der Waals surface area contributed by atoms with E-state index in [0.717, 1.165) is 22.8 Å². The maximum Gasteiger partial charge on any atom is 0.0113 e. The number of hydrogen-bond acceptors (Lipinski definition) is 2. The van der Waals surface area contributed by atoms with Crippen molar-refractivity contribution in [3.8, 4) is 0 Å². The average Bonchev–Trinajstić information content (AvgIpc) is 2.47. The van der Waals surface area contributed by atoms with E-state index in [4.69, 9.17) is 0 Å². The van der Waals surface area contributed by atoms with Gasteiger partial charge >= 0.3 is 0 Å². The largest absolute Gasteiger partial charge is 0.300 e. The van der Waals surface area contributed by atoms with Crippen LogP contribution in [0.5, 0.6) is 0 Å². The number of rotatable bonds is 4. The van der Waals surface area contributed by atoms with Gasteiger partial charge in [-0.25, -0.2) is 0 Å². The fraction of sp³-hybridized carbons (Fsp3) is 1.00. The van der Waals surface area contributed by atoms with Crippen LogP contribution in [-0.2, 0) is 0 Å². The summed E-state index contributed by atoms with van der Waals surface area (Å²) >= 11 is 0. The molecule has 0 N–H and O–H groups in total. The molecule has 2 heteroatoms. The highest BCUT2D eigenvalue weighted by Gasteiger charge is 3.09. The normalized spacial score (nSPS) is 62.6. The Labute approximate surface area is 129 Å². The van der Waals surface area contributed by atoms with Crippen LogP contribution in [0.15, 0.2) is 0 Å². The van der Waals surface area contributed by atoms with E-state index in [1.807, 2.05) is 0 Å². The zero-order valence-electron chi connectivity index (χ0n) is 14.0. The van der Waals surface area contributed by atoms with Crippen LogP contribution < -0.4 is 0 Å². The minimum absolute atomic E-state index is 0.736. The highest BCUT2D eigenvalue weighted by molar-refractivity contribution is 5.55. The van der Waals surface area contributed by atoms with E-state index in [1.54, 1.807) is 0 Å². The van der Waals surface area contributed by atoms with E-state index in [9.17, 15) is 0 Å². The fourth-order valence-electron chi connectivity index (χ4n) is 9.22. The van der Waals surface area contributed by atoms with Gasteiger partial charge in [0.05, 0.1) is 0 Å². The Morgan fingerprint density at radius 2 is 1.52 bits per heavy atom. The molecule has 1 saturated heterocycles. The minimum atomic E-state index is 0.736. The van der Waals surface area contributed by atoms with Gasteiger partial charge in [0.25, 0.3) is 0 Å². The molecule has 7 fully saturated rings. The maximum atomic E-state index is 2.84. The third-order valence-electron chi connectivity index (χ3n) is 9.50. The molecule has 21 heavy (non-hydrogen) atoms. The zero-order chi connectivity index (χ0) is 14.3. The standard InChI is InChI=1S/C19H30N2/c1-10(2)19-15-12-14-13(15)17(19)18(14,16(12)19)9-20-5-7-21(8-6-20)11(3)4/h10-17H,5-9H2,1-4H3. The maximum absolute atomic E-state index is 2.84. The molecular weight excluding hydrogens is 256 g/mol. The van der Waals surface area contributed by atoms with Crippen LogP contribution in [0.25, 0.3) is 0 Å². The van der Waals surface area contributed by atoms with Crippen LogP contribution in [0.1, 0.15) is 27.7 Å². The molecule has 0 amide bonds. The molecule has 0 radical (unpaired) electrons. The van der Waals surface area contributed by atoms with E-state index >= 15 is 0 Å². The molecule has 4 atom stereocenters. The Kier molecular flexibility index (Phi) is 1.91. The second-order valence-electron chi connectivity index (χ2n) is 9.83. The van der Waals surface area contributed by atoms with Crippen molar-refractivity contribution in [3.05, 3.63) is 0 Å². The van der Waals surface area contributed by atoms with Crippen molar-refractivity contribution in [2.45, 2.75) is 33.7 Å². The number of nitrogens with zero attached hydrogens (tertiary/aromatic N) is 2. The molecule has 4 unspecified atom stereocenters. The fourth-order valence-corrected chi connectivity index (χ4v) is 9.22. The van der Waals surface area contributed by atoms with Crippen molar-refractivity contribution in [2.75, 3.05) is 32.7 Å². The van der Waals surface area contributed by atoms with E-state index in [-0.39, 0.29) is 0 Å². The summed E-state index contributed by atoms with van der Waals surface area (Å²) in [6.07, 6.45) is 0. The van der Waals surface area contributed by atoms with Gasteiger partial charge in [0.1, 0.15) is 0 Å². The van der Waals surface area contributed by atoms with Crippen molar-refractivity contribution in [3.63, 3.8) is 0 Å². The van der Waals surface area contributed by atoms with Crippen molar-refractivity contribution in [2.24, 2.45) is 52.3 Å². The number of piperazine rings is 1. The van der Waals surface area contributed by atoms with Gasteiger partial charge in [0.2, 0.25) is 0 Å². The molecule has 7 aliphatic rings. The third-order valence-corrected chi connectivity index (χ3v) is 9.50. The molecule has 6 aliphatic carbocycles. The third kappa shape index (κ3) is 0.887. The summed E-state index contributed by atoms with van der Waals surface area (Å²) in [6, 6.07) is 0.736. The van der Waals surface area contributed by atoms with Crippen molar-refractivity contribution in [1.29, 1.82) is 0 Å². The van der Waals surface area contributed by atoms with Crippen LogP contribution in [0.2, 0.25) is 0 Å². The van der Waals surface area contributed by atoms with Crippen molar-refractivity contribution >= 4 is 0 Å². The molecule has 7 rings (SSSR count). The van der Waals surface area contributed by atoms with Crippen LogP contribution in [0.3, 0.4) is 0 Å². The summed E-state index contributed by atoms with van der Waals surface area (Å²) in [5, 5.41) is 0. The molecule has 0 aromatic heterocycles. The van der Waals surface area contributed by atoms with Gasteiger partial charge in [-0.3, -0.25) is 4.90 Å². The Bertz CT molecular complexity index is 496. The van der Waals surface area contributed by atoms with E-state index in [2.05, 4.69) is 37.5 Å². The Morgan fingerprint density at radius 3 is 2.05 bits per heavy atom.